The highest BCUT2D eigenvalue weighted by molar-refractivity contribution is 5.80. The van der Waals surface area contributed by atoms with Gasteiger partial charge in [0.2, 0.25) is 5.91 Å². The maximum atomic E-state index is 13.0. The van der Waals surface area contributed by atoms with Crippen molar-refractivity contribution >= 4 is 5.91 Å². The van der Waals surface area contributed by atoms with Gasteiger partial charge in [-0.1, -0.05) is 122 Å². The lowest BCUT2D eigenvalue weighted by atomic mass is 9.98. The van der Waals surface area contributed by atoms with Crippen molar-refractivity contribution in [1.82, 2.24) is 5.32 Å². The lowest BCUT2D eigenvalue weighted by Crippen LogP contribution is -2.60. The van der Waals surface area contributed by atoms with E-state index in [1.54, 1.807) is 0 Å². The summed E-state index contributed by atoms with van der Waals surface area (Å²) in [5.74, 6) is -0.715. The summed E-state index contributed by atoms with van der Waals surface area (Å²) in [6, 6.07) is -1.18. The summed E-state index contributed by atoms with van der Waals surface area (Å²) in [6.07, 6.45) is 18.1. The summed E-state index contributed by atoms with van der Waals surface area (Å²) in [6.45, 7) is 3.33. The molecule has 9 atom stereocenters. The topological polar surface area (TPSA) is 189 Å². The first kappa shape index (κ1) is 46.6. The summed E-state index contributed by atoms with van der Waals surface area (Å²) in [4.78, 5) is 13.0. The van der Waals surface area contributed by atoms with Gasteiger partial charge in [0.05, 0.1) is 25.4 Å². The van der Waals surface area contributed by atoms with Gasteiger partial charge in [-0.25, -0.2) is 0 Å². The van der Waals surface area contributed by atoms with Crippen LogP contribution in [-0.2, 0) is 14.3 Å². The van der Waals surface area contributed by atoms with Crippen molar-refractivity contribution in [1.29, 1.82) is 0 Å². The fourth-order valence-corrected chi connectivity index (χ4v) is 6.10. The molecule has 50 heavy (non-hydrogen) atoms. The van der Waals surface area contributed by atoms with Gasteiger partial charge >= 0.3 is 0 Å². The van der Waals surface area contributed by atoms with E-state index in [0.29, 0.717) is 19.3 Å². The molecule has 0 saturated carbocycles. The molecule has 1 aliphatic rings. The van der Waals surface area contributed by atoms with Crippen LogP contribution in [0.5, 0.6) is 0 Å². The minimum absolute atomic E-state index is 0.247. The van der Waals surface area contributed by atoms with Gasteiger partial charge in [-0.3, -0.25) is 4.79 Å². The SMILES string of the molecule is CCCCC/C=C/CC/C=C/CCCC(O)C(O)C(COC1OC(CO)C(O)C(O)C1O)NC(=O)C(O)CCCCCCCCCCCCC. The van der Waals surface area contributed by atoms with Crippen molar-refractivity contribution in [3.8, 4) is 0 Å². The molecule has 1 heterocycles. The lowest BCUT2D eigenvalue weighted by molar-refractivity contribution is -0.303. The van der Waals surface area contributed by atoms with Crippen LogP contribution in [0.3, 0.4) is 0 Å². The molecule has 1 saturated heterocycles. The van der Waals surface area contributed by atoms with Crippen LogP contribution in [0.4, 0.5) is 0 Å². The number of ether oxygens (including phenoxy) is 2. The minimum atomic E-state index is -1.67. The number of hydrogen-bond donors (Lipinski definition) is 8. The van der Waals surface area contributed by atoms with Crippen LogP contribution in [0, 0.1) is 0 Å². The maximum absolute atomic E-state index is 13.0. The zero-order valence-electron chi connectivity index (χ0n) is 31.1. The fourth-order valence-electron chi connectivity index (χ4n) is 6.10. The number of allylic oxidation sites excluding steroid dienone is 4. The highest BCUT2D eigenvalue weighted by atomic mass is 16.7. The number of aliphatic hydroxyl groups is 7. The quantitative estimate of drug-likeness (QED) is 0.0369. The Kier molecular flexibility index (Phi) is 28.1. The number of carbonyl (C=O) groups is 1. The largest absolute Gasteiger partial charge is 0.394 e. The number of aliphatic hydroxyl groups excluding tert-OH is 7. The molecule has 0 aliphatic carbocycles. The van der Waals surface area contributed by atoms with Gasteiger partial charge in [0.25, 0.3) is 0 Å². The van der Waals surface area contributed by atoms with Crippen LogP contribution < -0.4 is 5.32 Å². The molecule has 1 rings (SSSR count). The normalized spacial score (nSPS) is 23.7. The summed E-state index contributed by atoms with van der Waals surface area (Å²) in [7, 11) is 0. The van der Waals surface area contributed by atoms with Crippen LogP contribution in [0.2, 0.25) is 0 Å². The average molecular weight is 716 g/mol. The molecule has 1 amide bonds. The third kappa shape index (κ3) is 20.6. The molecule has 0 aromatic heterocycles. The standard InChI is InChI=1S/C39H73NO10/c1-3-5-7-9-11-13-15-17-18-20-22-24-26-31(42)34(44)30(29-49-39-37(47)36(46)35(45)33(28-41)50-39)40-38(48)32(43)27-25-23-21-19-16-14-12-10-8-6-4-2/h11,13,18,20,30-37,39,41-47H,3-10,12,14-17,19,21-29H2,1-2H3,(H,40,48)/b13-11+,20-18+. The van der Waals surface area contributed by atoms with Gasteiger partial charge in [-0.2, -0.15) is 0 Å². The lowest BCUT2D eigenvalue weighted by Gasteiger charge is -2.40. The van der Waals surface area contributed by atoms with Crippen LogP contribution >= 0.6 is 0 Å². The predicted octanol–water partition coefficient (Wildman–Crippen LogP) is 4.71. The van der Waals surface area contributed by atoms with E-state index < -0.39 is 74.2 Å². The van der Waals surface area contributed by atoms with Crippen LogP contribution in [0.1, 0.15) is 149 Å². The molecule has 8 N–H and O–H groups in total. The first-order valence-electron chi connectivity index (χ1n) is 19.7. The molecule has 0 bridgehead atoms. The van der Waals surface area contributed by atoms with Crippen molar-refractivity contribution in [3.63, 3.8) is 0 Å². The summed E-state index contributed by atoms with van der Waals surface area (Å²) >= 11 is 0. The van der Waals surface area contributed by atoms with Crippen molar-refractivity contribution in [3.05, 3.63) is 24.3 Å². The van der Waals surface area contributed by atoms with Crippen molar-refractivity contribution < 1.29 is 50.0 Å². The van der Waals surface area contributed by atoms with Crippen LogP contribution in [-0.4, -0.2) is 110 Å². The van der Waals surface area contributed by atoms with E-state index in [-0.39, 0.29) is 12.8 Å². The monoisotopic (exact) mass is 716 g/mol. The molecule has 0 aromatic rings. The molecule has 0 aromatic carbocycles. The summed E-state index contributed by atoms with van der Waals surface area (Å²) in [5.41, 5.74) is 0. The molecule has 11 heteroatoms. The Labute approximate surface area is 302 Å². The molecular formula is C39H73NO10. The Bertz CT molecular complexity index is 872. The second kappa shape index (κ2) is 30.1. The molecule has 0 spiro atoms. The first-order valence-corrected chi connectivity index (χ1v) is 19.7. The minimum Gasteiger partial charge on any atom is -0.394 e. The van der Waals surface area contributed by atoms with E-state index >= 15 is 0 Å². The van der Waals surface area contributed by atoms with Gasteiger partial charge in [-0.05, 0) is 51.4 Å². The van der Waals surface area contributed by atoms with Gasteiger partial charge in [0, 0.05) is 0 Å². The fraction of sp³-hybridized carbons (Fsp3) is 0.872. The molecule has 0 radical (unpaired) electrons. The number of carbonyl (C=O) groups excluding carboxylic acids is 1. The van der Waals surface area contributed by atoms with Crippen molar-refractivity contribution in [2.24, 2.45) is 0 Å². The predicted molar refractivity (Wildman–Crippen MR) is 196 cm³/mol. The van der Waals surface area contributed by atoms with Gasteiger partial charge < -0.3 is 50.5 Å². The average Bonchev–Trinajstić information content (AvgIpc) is 3.11. The molecular weight excluding hydrogens is 642 g/mol. The van der Waals surface area contributed by atoms with Crippen molar-refractivity contribution in [2.75, 3.05) is 13.2 Å². The zero-order chi connectivity index (χ0) is 37.0. The number of nitrogens with one attached hydrogen (secondary N) is 1. The number of amides is 1. The Morgan fingerprint density at radius 1 is 0.680 bits per heavy atom. The van der Waals surface area contributed by atoms with Gasteiger partial charge in [0.1, 0.15) is 36.6 Å². The number of unbranched alkanes of at least 4 members (excludes halogenated alkanes) is 15. The Hall–Kier alpha value is -1.41. The van der Waals surface area contributed by atoms with E-state index in [1.807, 2.05) is 0 Å². The van der Waals surface area contributed by atoms with E-state index in [9.17, 15) is 40.5 Å². The van der Waals surface area contributed by atoms with Gasteiger partial charge in [0.15, 0.2) is 6.29 Å². The molecule has 1 fully saturated rings. The second-order valence-corrected chi connectivity index (χ2v) is 14.0. The third-order valence-corrected chi connectivity index (χ3v) is 9.48. The van der Waals surface area contributed by atoms with Crippen LogP contribution in [0.25, 0.3) is 0 Å². The molecule has 11 nitrogen and oxygen atoms in total. The van der Waals surface area contributed by atoms with Crippen LogP contribution in [0.15, 0.2) is 24.3 Å². The first-order chi connectivity index (χ1) is 24.2. The molecule has 9 unspecified atom stereocenters. The highest BCUT2D eigenvalue weighted by Crippen LogP contribution is 2.23. The van der Waals surface area contributed by atoms with Crippen molar-refractivity contribution in [2.45, 2.75) is 204 Å². The smallest absolute Gasteiger partial charge is 0.249 e. The maximum Gasteiger partial charge on any atom is 0.249 e. The molecule has 1 aliphatic heterocycles. The van der Waals surface area contributed by atoms with E-state index in [2.05, 4.69) is 43.5 Å². The Balaban J connectivity index is 2.60. The van der Waals surface area contributed by atoms with Gasteiger partial charge in [-0.15, -0.1) is 0 Å². The highest BCUT2D eigenvalue weighted by Gasteiger charge is 2.44. The Morgan fingerprint density at radius 3 is 1.78 bits per heavy atom. The van der Waals surface area contributed by atoms with E-state index in [4.69, 9.17) is 9.47 Å². The third-order valence-electron chi connectivity index (χ3n) is 9.48. The summed E-state index contributed by atoms with van der Waals surface area (Å²) in [5, 5.41) is 75.1. The van der Waals surface area contributed by atoms with E-state index in [1.165, 1.54) is 64.2 Å². The summed E-state index contributed by atoms with van der Waals surface area (Å²) < 4.78 is 11.0. The Morgan fingerprint density at radius 2 is 1.20 bits per heavy atom. The van der Waals surface area contributed by atoms with E-state index in [0.717, 1.165) is 38.5 Å². The number of hydrogen-bond acceptors (Lipinski definition) is 10. The second-order valence-electron chi connectivity index (χ2n) is 14.0. The molecule has 294 valence electrons. The number of rotatable bonds is 31. The zero-order valence-corrected chi connectivity index (χ0v) is 31.1.